The number of aryl methyl sites for hydroxylation is 1. The topological polar surface area (TPSA) is 60.4 Å². The first kappa shape index (κ1) is 10.1. The summed E-state index contributed by atoms with van der Waals surface area (Å²) in [7, 11) is 0. The number of carbonyl (C=O) groups excluding carboxylic acids is 1. The fourth-order valence-corrected chi connectivity index (χ4v) is 1.89. The number of aromatic nitrogens is 2. The predicted molar refractivity (Wildman–Crippen MR) is 58.3 cm³/mol. The Kier molecular flexibility index (Phi) is 2.46. The zero-order valence-corrected chi connectivity index (χ0v) is 8.95. The number of halogens is 1. The van der Waals surface area contributed by atoms with Crippen molar-refractivity contribution in [3.8, 4) is 0 Å². The lowest BCUT2D eigenvalue weighted by Crippen LogP contribution is -2.14. The first-order valence-corrected chi connectivity index (χ1v) is 4.89. The monoisotopic (exact) mass is 223 g/mol. The maximum atomic E-state index is 11.6. The van der Waals surface area contributed by atoms with E-state index in [1.807, 2.05) is 13.1 Å². The standard InChI is InChI=1S/C10H10ClN3O/c1-6-13-10(11)9-7(8(15)5-12)3-2-4-14(6)9/h2-4H,5,12H2,1H3. The Morgan fingerprint density at radius 2 is 2.40 bits per heavy atom. The van der Waals surface area contributed by atoms with Crippen LogP contribution < -0.4 is 5.73 Å². The van der Waals surface area contributed by atoms with Crippen LogP contribution in [0.5, 0.6) is 0 Å². The molecule has 5 heteroatoms. The SMILES string of the molecule is Cc1nc(Cl)c2c(C(=O)CN)cccn12. The lowest BCUT2D eigenvalue weighted by Gasteiger charge is -2.02. The summed E-state index contributed by atoms with van der Waals surface area (Å²) in [6.45, 7) is 1.80. The normalized spacial score (nSPS) is 10.9. The van der Waals surface area contributed by atoms with Crippen LogP contribution in [-0.2, 0) is 0 Å². The van der Waals surface area contributed by atoms with Gasteiger partial charge in [-0.1, -0.05) is 11.6 Å². The second-order valence-electron chi connectivity index (χ2n) is 3.22. The highest BCUT2D eigenvalue weighted by atomic mass is 35.5. The maximum absolute atomic E-state index is 11.6. The van der Waals surface area contributed by atoms with Crippen molar-refractivity contribution >= 4 is 22.9 Å². The summed E-state index contributed by atoms with van der Waals surface area (Å²) in [6, 6.07) is 3.48. The molecule has 2 N–H and O–H groups in total. The number of hydrogen-bond donors (Lipinski definition) is 1. The molecule has 0 aromatic carbocycles. The van der Waals surface area contributed by atoms with Crippen molar-refractivity contribution in [1.82, 2.24) is 9.38 Å². The Labute approximate surface area is 91.7 Å². The van der Waals surface area contributed by atoms with Gasteiger partial charge in [0, 0.05) is 11.8 Å². The lowest BCUT2D eigenvalue weighted by atomic mass is 10.1. The van der Waals surface area contributed by atoms with Crippen molar-refractivity contribution in [1.29, 1.82) is 0 Å². The number of imidazole rings is 1. The van der Waals surface area contributed by atoms with Crippen molar-refractivity contribution < 1.29 is 4.79 Å². The average molecular weight is 224 g/mol. The van der Waals surface area contributed by atoms with E-state index in [0.29, 0.717) is 16.2 Å². The molecule has 2 heterocycles. The van der Waals surface area contributed by atoms with Crippen LogP contribution in [0.25, 0.3) is 5.52 Å². The highest BCUT2D eigenvalue weighted by molar-refractivity contribution is 6.33. The molecule has 0 unspecified atom stereocenters. The van der Waals surface area contributed by atoms with E-state index in [0.717, 1.165) is 5.82 Å². The van der Waals surface area contributed by atoms with E-state index in [1.54, 1.807) is 16.5 Å². The van der Waals surface area contributed by atoms with Crippen LogP contribution in [0.15, 0.2) is 18.3 Å². The Hall–Kier alpha value is -1.39. The molecule has 0 fully saturated rings. The zero-order chi connectivity index (χ0) is 11.0. The molecular formula is C10H10ClN3O. The second kappa shape index (κ2) is 3.64. The van der Waals surface area contributed by atoms with Gasteiger partial charge in [0.2, 0.25) is 0 Å². The fourth-order valence-electron chi connectivity index (χ4n) is 1.57. The minimum absolute atomic E-state index is 0.0275. The molecule has 2 rings (SSSR count). The molecule has 0 aliphatic carbocycles. The molecule has 2 aromatic rings. The molecule has 0 amide bonds. The molecule has 15 heavy (non-hydrogen) atoms. The van der Waals surface area contributed by atoms with Gasteiger partial charge in [-0.25, -0.2) is 4.98 Å². The van der Waals surface area contributed by atoms with Gasteiger partial charge in [0.05, 0.1) is 12.1 Å². The van der Waals surface area contributed by atoms with Crippen molar-refractivity contribution in [2.24, 2.45) is 5.73 Å². The number of Topliss-reactive ketones (excluding diaryl/α,β-unsaturated/α-hetero) is 1. The molecule has 2 aromatic heterocycles. The molecule has 0 saturated carbocycles. The van der Waals surface area contributed by atoms with Gasteiger partial charge in [-0.15, -0.1) is 0 Å². The van der Waals surface area contributed by atoms with Gasteiger partial charge < -0.3 is 10.1 Å². The molecule has 78 valence electrons. The van der Waals surface area contributed by atoms with E-state index in [-0.39, 0.29) is 12.3 Å². The van der Waals surface area contributed by atoms with Crippen LogP contribution in [0.2, 0.25) is 5.15 Å². The van der Waals surface area contributed by atoms with Gasteiger partial charge in [-0.3, -0.25) is 4.79 Å². The van der Waals surface area contributed by atoms with Gasteiger partial charge in [-0.05, 0) is 19.1 Å². The fraction of sp³-hybridized carbons (Fsp3) is 0.200. The van der Waals surface area contributed by atoms with Crippen LogP contribution in [0.4, 0.5) is 0 Å². The smallest absolute Gasteiger partial charge is 0.178 e. The average Bonchev–Trinajstić information content (AvgIpc) is 2.54. The molecule has 0 bridgehead atoms. The highest BCUT2D eigenvalue weighted by Gasteiger charge is 2.14. The number of ketones is 1. The number of hydrogen-bond acceptors (Lipinski definition) is 3. The van der Waals surface area contributed by atoms with E-state index in [9.17, 15) is 4.79 Å². The minimum Gasteiger partial charge on any atom is -0.324 e. The second-order valence-corrected chi connectivity index (χ2v) is 3.58. The summed E-state index contributed by atoms with van der Waals surface area (Å²) < 4.78 is 1.78. The molecule has 0 aliphatic rings. The lowest BCUT2D eigenvalue weighted by molar-refractivity contribution is 0.100. The third-order valence-electron chi connectivity index (χ3n) is 2.28. The molecule has 0 saturated heterocycles. The zero-order valence-electron chi connectivity index (χ0n) is 8.20. The third kappa shape index (κ3) is 1.52. The summed E-state index contributed by atoms with van der Waals surface area (Å²) >= 11 is 5.96. The Bertz CT molecular complexity index is 533. The Morgan fingerprint density at radius 3 is 3.07 bits per heavy atom. The van der Waals surface area contributed by atoms with Crippen molar-refractivity contribution in [2.45, 2.75) is 6.92 Å². The number of nitrogens with zero attached hydrogens (tertiary/aromatic N) is 2. The summed E-state index contributed by atoms with van der Waals surface area (Å²) in [6.07, 6.45) is 1.82. The summed E-state index contributed by atoms with van der Waals surface area (Å²) in [5, 5.41) is 0.338. The molecular weight excluding hydrogens is 214 g/mol. The molecule has 4 nitrogen and oxygen atoms in total. The van der Waals surface area contributed by atoms with Gasteiger partial charge in [0.1, 0.15) is 5.82 Å². The first-order chi connectivity index (χ1) is 7.15. The molecule has 0 aliphatic heterocycles. The van der Waals surface area contributed by atoms with Gasteiger partial charge in [-0.2, -0.15) is 0 Å². The number of fused-ring (bicyclic) bond motifs is 1. The summed E-state index contributed by atoms with van der Waals surface area (Å²) in [4.78, 5) is 15.7. The van der Waals surface area contributed by atoms with Crippen LogP contribution >= 0.6 is 11.6 Å². The number of pyridine rings is 1. The largest absolute Gasteiger partial charge is 0.324 e. The summed E-state index contributed by atoms with van der Waals surface area (Å²) in [5.74, 6) is 0.615. The van der Waals surface area contributed by atoms with Crippen LogP contribution in [0, 0.1) is 6.92 Å². The van der Waals surface area contributed by atoms with Crippen molar-refractivity contribution in [2.75, 3.05) is 6.54 Å². The number of carbonyl (C=O) groups is 1. The number of nitrogens with two attached hydrogens (primary N) is 1. The van der Waals surface area contributed by atoms with E-state index in [4.69, 9.17) is 17.3 Å². The van der Waals surface area contributed by atoms with E-state index in [2.05, 4.69) is 4.98 Å². The van der Waals surface area contributed by atoms with Crippen LogP contribution in [0.1, 0.15) is 16.2 Å². The van der Waals surface area contributed by atoms with Gasteiger partial charge in [0.25, 0.3) is 0 Å². The van der Waals surface area contributed by atoms with Gasteiger partial charge >= 0.3 is 0 Å². The Balaban J connectivity index is 2.80. The Morgan fingerprint density at radius 1 is 1.67 bits per heavy atom. The minimum atomic E-state index is -0.137. The quantitative estimate of drug-likeness (QED) is 0.784. The number of rotatable bonds is 2. The first-order valence-electron chi connectivity index (χ1n) is 4.51. The van der Waals surface area contributed by atoms with Gasteiger partial charge in [0.15, 0.2) is 10.9 Å². The van der Waals surface area contributed by atoms with E-state index >= 15 is 0 Å². The van der Waals surface area contributed by atoms with E-state index < -0.39 is 0 Å². The molecule has 0 atom stereocenters. The summed E-state index contributed by atoms with van der Waals surface area (Å²) in [5.41, 5.74) is 6.48. The molecule has 0 radical (unpaired) electrons. The van der Waals surface area contributed by atoms with Crippen LogP contribution in [-0.4, -0.2) is 21.7 Å². The van der Waals surface area contributed by atoms with Crippen LogP contribution in [0.3, 0.4) is 0 Å². The third-order valence-corrected chi connectivity index (χ3v) is 2.55. The molecule has 0 spiro atoms. The predicted octanol–water partition coefficient (Wildman–Crippen LogP) is 1.44. The highest BCUT2D eigenvalue weighted by Crippen LogP contribution is 2.21. The van der Waals surface area contributed by atoms with E-state index in [1.165, 1.54) is 0 Å². The van der Waals surface area contributed by atoms with Crippen molar-refractivity contribution in [3.63, 3.8) is 0 Å². The van der Waals surface area contributed by atoms with Crippen molar-refractivity contribution in [3.05, 3.63) is 34.9 Å². The maximum Gasteiger partial charge on any atom is 0.178 e.